The van der Waals surface area contributed by atoms with Crippen LogP contribution in [0.3, 0.4) is 0 Å². The maximum atomic E-state index is 12.7. The van der Waals surface area contributed by atoms with Crippen LogP contribution < -0.4 is 0 Å². The summed E-state index contributed by atoms with van der Waals surface area (Å²) in [5.74, 6) is 0.596. The van der Waals surface area contributed by atoms with Gasteiger partial charge in [0.2, 0.25) is 0 Å². The summed E-state index contributed by atoms with van der Waals surface area (Å²) in [7, 11) is 1.80. The van der Waals surface area contributed by atoms with Crippen molar-refractivity contribution in [2.75, 3.05) is 20.2 Å². The Kier molecular flexibility index (Phi) is 4.34. The van der Waals surface area contributed by atoms with Gasteiger partial charge in [0.15, 0.2) is 0 Å². The third kappa shape index (κ3) is 2.65. The van der Waals surface area contributed by atoms with Crippen LogP contribution in [-0.2, 0) is 17.6 Å². The van der Waals surface area contributed by atoms with Crippen LogP contribution in [0.1, 0.15) is 44.4 Å². The lowest BCUT2D eigenvalue weighted by atomic mass is 9.48. The molecule has 2 bridgehead atoms. The van der Waals surface area contributed by atoms with Crippen LogP contribution in [0.25, 0.3) is 10.9 Å². The average molecular weight is 419 g/mol. The van der Waals surface area contributed by atoms with E-state index >= 15 is 0 Å². The molecule has 4 nitrogen and oxygen atoms in total. The number of allylic oxidation sites excluding steroid dienone is 1. The summed E-state index contributed by atoms with van der Waals surface area (Å²) >= 11 is 0. The van der Waals surface area contributed by atoms with E-state index in [9.17, 15) is 5.11 Å². The predicted molar refractivity (Wildman–Crippen MR) is 124 cm³/mol. The molecule has 3 aliphatic carbocycles. The fourth-order valence-electron chi connectivity index (χ4n) is 7.33. The number of aromatic amines is 1. The van der Waals surface area contributed by atoms with E-state index in [-0.39, 0.29) is 17.6 Å². The van der Waals surface area contributed by atoms with Gasteiger partial charge >= 0.3 is 0 Å². The van der Waals surface area contributed by atoms with E-state index in [1.165, 1.54) is 33.3 Å². The van der Waals surface area contributed by atoms with Gasteiger partial charge in [0.25, 0.3) is 0 Å². The quantitative estimate of drug-likeness (QED) is 0.777. The monoisotopic (exact) mass is 418 g/mol. The fraction of sp³-hybridized carbons (Fsp3) is 0.556. The van der Waals surface area contributed by atoms with Gasteiger partial charge in [-0.1, -0.05) is 49.8 Å². The van der Waals surface area contributed by atoms with Crippen LogP contribution >= 0.6 is 0 Å². The first-order valence-electron chi connectivity index (χ1n) is 11.9. The Hall–Kier alpha value is -1.88. The number of nitrogens with zero attached hydrogens (tertiary/aromatic N) is 1. The maximum absolute atomic E-state index is 12.7. The van der Waals surface area contributed by atoms with Gasteiger partial charge in [-0.05, 0) is 48.9 Å². The van der Waals surface area contributed by atoms with Gasteiger partial charge < -0.3 is 14.8 Å². The zero-order chi connectivity index (χ0) is 21.4. The number of rotatable bonds is 3. The third-order valence-corrected chi connectivity index (χ3v) is 8.67. The number of likely N-dealkylation sites (tertiary alicyclic amines) is 1. The molecule has 1 saturated heterocycles. The summed E-state index contributed by atoms with van der Waals surface area (Å²) in [6.07, 6.45) is 9.17. The Morgan fingerprint density at radius 1 is 1.23 bits per heavy atom. The highest BCUT2D eigenvalue weighted by atomic mass is 16.5. The highest BCUT2D eigenvalue weighted by Gasteiger charge is 2.65. The lowest BCUT2D eigenvalue weighted by molar-refractivity contribution is -0.173. The summed E-state index contributed by atoms with van der Waals surface area (Å²) in [4.78, 5) is 6.33. The average Bonchev–Trinajstić information content (AvgIpc) is 3.10. The van der Waals surface area contributed by atoms with Crippen LogP contribution in [0, 0.1) is 11.3 Å². The van der Waals surface area contributed by atoms with Crippen LogP contribution in [-0.4, -0.2) is 52.9 Å². The van der Waals surface area contributed by atoms with Crippen molar-refractivity contribution in [1.29, 1.82) is 0 Å². The van der Waals surface area contributed by atoms with Gasteiger partial charge in [0.1, 0.15) is 0 Å². The number of nitrogens with one attached hydrogen (secondary N) is 1. The zero-order valence-electron chi connectivity index (χ0n) is 18.9. The molecule has 4 heteroatoms. The molecule has 2 aromatic rings. The van der Waals surface area contributed by atoms with E-state index < -0.39 is 5.60 Å². The summed E-state index contributed by atoms with van der Waals surface area (Å²) in [5, 5.41) is 14.0. The predicted octanol–water partition coefficient (Wildman–Crippen LogP) is 4.39. The summed E-state index contributed by atoms with van der Waals surface area (Å²) in [6, 6.07) is 8.78. The standard InChI is InChI=1S/C27H34N2O2/c1-17(2)16-29-11-10-26-15-24-21(20-6-4-5-7-23(20)28-24)14-27(26,30)25(29)12-18-8-9-19(31-3)13-22(18)26/h4-9,17,19,25,28,30H,10-16H2,1-3H3/t19?,25?,26?,27-/m1/s1. The molecule has 1 fully saturated rings. The highest BCUT2D eigenvalue weighted by molar-refractivity contribution is 5.85. The minimum Gasteiger partial charge on any atom is -0.387 e. The lowest BCUT2D eigenvalue weighted by Gasteiger charge is -2.64. The number of hydrogen-bond donors (Lipinski definition) is 2. The molecule has 0 spiro atoms. The van der Waals surface area contributed by atoms with Crippen molar-refractivity contribution in [3.05, 3.63) is 58.8 Å². The van der Waals surface area contributed by atoms with Crippen LogP contribution in [0.15, 0.2) is 47.6 Å². The lowest BCUT2D eigenvalue weighted by Crippen LogP contribution is -2.72. The molecule has 1 aromatic heterocycles. The van der Waals surface area contributed by atoms with Gasteiger partial charge in [-0.15, -0.1) is 0 Å². The molecule has 6 rings (SSSR count). The topological polar surface area (TPSA) is 48.5 Å². The van der Waals surface area contributed by atoms with Crippen molar-refractivity contribution in [3.8, 4) is 0 Å². The molecule has 0 saturated carbocycles. The molecular formula is C27H34N2O2. The molecule has 3 unspecified atom stereocenters. The molecule has 31 heavy (non-hydrogen) atoms. The first-order chi connectivity index (χ1) is 14.9. The number of methoxy groups -OCH3 is 1. The van der Waals surface area contributed by atoms with Crippen molar-refractivity contribution in [2.24, 2.45) is 11.3 Å². The van der Waals surface area contributed by atoms with E-state index in [1.807, 2.05) is 0 Å². The molecule has 164 valence electrons. The van der Waals surface area contributed by atoms with Crippen molar-refractivity contribution in [3.63, 3.8) is 0 Å². The Morgan fingerprint density at radius 3 is 2.87 bits per heavy atom. The van der Waals surface area contributed by atoms with Crippen molar-refractivity contribution >= 4 is 10.9 Å². The second kappa shape index (κ2) is 6.81. The molecule has 2 heterocycles. The fourth-order valence-corrected chi connectivity index (χ4v) is 7.33. The largest absolute Gasteiger partial charge is 0.387 e. The molecule has 0 amide bonds. The van der Waals surface area contributed by atoms with Crippen LogP contribution in [0.2, 0.25) is 0 Å². The van der Waals surface area contributed by atoms with Crippen molar-refractivity contribution in [1.82, 2.24) is 9.88 Å². The molecule has 4 atom stereocenters. The number of para-hydroxylation sites is 1. The molecular weight excluding hydrogens is 384 g/mol. The Balaban J connectivity index is 1.54. The van der Waals surface area contributed by atoms with E-state index in [0.29, 0.717) is 5.92 Å². The van der Waals surface area contributed by atoms with E-state index in [1.54, 1.807) is 7.11 Å². The maximum Gasteiger partial charge on any atom is 0.0943 e. The van der Waals surface area contributed by atoms with Crippen LogP contribution in [0.4, 0.5) is 0 Å². The minimum atomic E-state index is -0.736. The number of H-pyrrole nitrogens is 1. The van der Waals surface area contributed by atoms with Gasteiger partial charge in [-0.3, -0.25) is 4.90 Å². The number of piperidine rings is 1. The number of fused-ring (bicyclic) bond motifs is 3. The molecule has 1 aliphatic heterocycles. The Bertz CT molecular complexity index is 1100. The smallest absolute Gasteiger partial charge is 0.0943 e. The van der Waals surface area contributed by atoms with Gasteiger partial charge in [0, 0.05) is 54.5 Å². The van der Waals surface area contributed by atoms with Crippen molar-refractivity contribution in [2.45, 2.75) is 63.7 Å². The van der Waals surface area contributed by atoms with Gasteiger partial charge in [-0.25, -0.2) is 0 Å². The molecule has 4 aliphatic rings. The number of aliphatic hydroxyl groups is 1. The Morgan fingerprint density at radius 2 is 2.06 bits per heavy atom. The summed E-state index contributed by atoms with van der Waals surface area (Å²) < 4.78 is 5.76. The summed E-state index contributed by atoms with van der Waals surface area (Å²) in [5.41, 5.74) is 5.86. The first-order valence-corrected chi connectivity index (χ1v) is 11.9. The van der Waals surface area contributed by atoms with Gasteiger partial charge in [-0.2, -0.15) is 0 Å². The number of aromatic nitrogens is 1. The number of benzene rings is 1. The SMILES string of the molecule is COC1C=CC2=C(C1)C13CCN(CC(C)C)C(C2)[C@]1(O)Cc1c([nH]c2ccccc12)C3. The second-order valence-corrected chi connectivity index (χ2v) is 10.7. The Labute approximate surface area is 185 Å². The van der Waals surface area contributed by atoms with E-state index in [2.05, 4.69) is 60.1 Å². The van der Waals surface area contributed by atoms with Gasteiger partial charge in [0.05, 0.1) is 11.7 Å². The van der Waals surface area contributed by atoms with E-state index in [4.69, 9.17) is 4.74 Å². The first kappa shape index (κ1) is 19.8. The number of ether oxygens (including phenoxy) is 1. The molecule has 2 N–H and O–H groups in total. The van der Waals surface area contributed by atoms with Crippen LogP contribution in [0.5, 0.6) is 0 Å². The third-order valence-electron chi connectivity index (χ3n) is 8.67. The minimum absolute atomic E-state index is 0.117. The number of hydrogen-bond acceptors (Lipinski definition) is 3. The van der Waals surface area contributed by atoms with Crippen molar-refractivity contribution < 1.29 is 9.84 Å². The second-order valence-electron chi connectivity index (χ2n) is 10.7. The highest BCUT2D eigenvalue weighted by Crippen LogP contribution is 2.62. The molecule has 0 radical (unpaired) electrons. The van der Waals surface area contributed by atoms with E-state index in [0.717, 1.165) is 45.2 Å². The zero-order valence-corrected chi connectivity index (χ0v) is 18.9. The summed E-state index contributed by atoms with van der Waals surface area (Å²) in [6.45, 7) is 6.71. The molecule has 1 aromatic carbocycles. The normalized spacial score (nSPS) is 34.7.